The first-order valence-electron chi connectivity index (χ1n) is 8.76. The molecule has 2 aromatic heterocycles. The van der Waals surface area contributed by atoms with E-state index in [0.29, 0.717) is 5.82 Å². The maximum absolute atomic E-state index is 5.53. The average Bonchev–Trinajstić information content (AvgIpc) is 3.03. The van der Waals surface area contributed by atoms with Crippen molar-refractivity contribution in [2.45, 2.75) is 13.8 Å². The number of pyridine rings is 1. The summed E-state index contributed by atoms with van der Waals surface area (Å²) in [5.74, 6) is 1.43. The molecule has 2 heterocycles. The summed E-state index contributed by atoms with van der Waals surface area (Å²) in [6, 6.07) is 19.8. The normalized spacial score (nSPS) is 11.4. The highest BCUT2D eigenvalue weighted by atomic mass is 16.5. The van der Waals surface area contributed by atoms with Crippen LogP contribution in [0.25, 0.3) is 16.9 Å². The van der Waals surface area contributed by atoms with E-state index in [0.717, 1.165) is 39.5 Å². The zero-order valence-corrected chi connectivity index (χ0v) is 15.5. The van der Waals surface area contributed by atoms with Crippen molar-refractivity contribution in [1.29, 1.82) is 0 Å². The van der Waals surface area contributed by atoms with E-state index < -0.39 is 0 Å². The third kappa shape index (κ3) is 3.31. The van der Waals surface area contributed by atoms with Crippen LogP contribution in [0.5, 0.6) is 5.75 Å². The van der Waals surface area contributed by atoms with Gasteiger partial charge in [0.05, 0.1) is 12.8 Å². The molecular formula is C22H20N4O. The number of imidazole rings is 1. The number of hydrogen-bond donors (Lipinski definition) is 0. The first-order valence-corrected chi connectivity index (χ1v) is 8.76. The van der Waals surface area contributed by atoms with Crippen LogP contribution in [0.4, 0.5) is 11.5 Å². The quantitative estimate of drug-likeness (QED) is 0.418. The fourth-order valence-electron chi connectivity index (χ4n) is 3.05. The third-order valence-electron chi connectivity index (χ3n) is 4.38. The van der Waals surface area contributed by atoms with Crippen molar-refractivity contribution in [3.05, 3.63) is 78.0 Å². The van der Waals surface area contributed by atoms with Crippen molar-refractivity contribution in [3.63, 3.8) is 0 Å². The summed E-state index contributed by atoms with van der Waals surface area (Å²) in [6.07, 6.45) is 1.97. The number of benzene rings is 2. The Labute approximate surface area is 158 Å². The lowest BCUT2D eigenvalue weighted by molar-refractivity contribution is 0.416. The van der Waals surface area contributed by atoms with Crippen LogP contribution in [0.1, 0.15) is 11.1 Å². The second kappa shape index (κ2) is 7.03. The zero-order chi connectivity index (χ0) is 18.8. The highest BCUT2D eigenvalue weighted by molar-refractivity contribution is 5.78. The number of rotatable bonds is 4. The van der Waals surface area contributed by atoms with E-state index in [4.69, 9.17) is 9.72 Å². The molecular weight excluding hydrogens is 336 g/mol. The summed E-state index contributed by atoms with van der Waals surface area (Å²) < 4.78 is 7.48. The van der Waals surface area contributed by atoms with E-state index in [-0.39, 0.29) is 0 Å². The van der Waals surface area contributed by atoms with Crippen LogP contribution in [0.3, 0.4) is 0 Å². The Kier molecular flexibility index (Phi) is 4.42. The SMILES string of the molecule is COc1ccccc1-c1nc2cc(C)ccn2c1N=Nc1cccc(C)c1. The van der Waals surface area contributed by atoms with E-state index in [1.165, 1.54) is 0 Å². The predicted molar refractivity (Wildman–Crippen MR) is 107 cm³/mol. The number of nitrogens with zero attached hydrogens (tertiary/aromatic N) is 4. The van der Waals surface area contributed by atoms with Gasteiger partial charge in [0.25, 0.3) is 0 Å². The summed E-state index contributed by atoms with van der Waals surface area (Å²) in [6.45, 7) is 4.08. The molecule has 2 aromatic carbocycles. The molecule has 0 saturated carbocycles. The number of aromatic nitrogens is 2. The van der Waals surface area contributed by atoms with Crippen molar-refractivity contribution in [1.82, 2.24) is 9.38 Å². The smallest absolute Gasteiger partial charge is 0.187 e. The number of fused-ring (bicyclic) bond motifs is 1. The van der Waals surface area contributed by atoms with Gasteiger partial charge in [0.2, 0.25) is 0 Å². The molecule has 0 aliphatic rings. The largest absolute Gasteiger partial charge is 0.496 e. The Morgan fingerprint density at radius 3 is 2.52 bits per heavy atom. The standard InChI is InChI=1S/C22H20N4O/c1-15-7-6-8-17(13-15)24-25-22-21(18-9-4-5-10-19(18)27-3)23-20-14-16(2)11-12-26(20)22/h4-14H,1-3H3. The minimum Gasteiger partial charge on any atom is -0.496 e. The van der Waals surface area contributed by atoms with Gasteiger partial charge in [0.1, 0.15) is 17.1 Å². The molecule has 27 heavy (non-hydrogen) atoms. The van der Waals surface area contributed by atoms with Gasteiger partial charge in [0.15, 0.2) is 5.82 Å². The van der Waals surface area contributed by atoms with Gasteiger partial charge in [-0.05, 0) is 61.4 Å². The van der Waals surface area contributed by atoms with Crippen LogP contribution in [0, 0.1) is 13.8 Å². The zero-order valence-electron chi connectivity index (χ0n) is 15.5. The second-order valence-corrected chi connectivity index (χ2v) is 6.46. The molecule has 0 amide bonds. The molecule has 134 valence electrons. The Balaban J connectivity index is 1.92. The van der Waals surface area contributed by atoms with Gasteiger partial charge in [-0.3, -0.25) is 4.40 Å². The minimum absolute atomic E-state index is 0.677. The van der Waals surface area contributed by atoms with Crippen LogP contribution in [-0.2, 0) is 0 Å². The number of azo groups is 1. The van der Waals surface area contributed by atoms with Crippen molar-refractivity contribution >= 4 is 17.2 Å². The van der Waals surface area contributed by atoms with E-state index in [2.05, 4.69) is 10.2 Å². The molecule has 0 aliphatic heterocycles. The maximum atomic E-state index is 5.53. The van der Waals surface area contributed by atoms with E-state index in [1.54, 1.807) is 7.11 Å². The Bertz CT molecular complexity index is 1140. The molecule has 0 radical (unpaired) electrons. The molecule has 0 unspecified atom stereocenters. The first kappa shape index (κ1) is 17.0. The molecule has 4 rings (SSSR count). The average molecular weight is 356 g/mol. The maximum Gasteiger partial charge on any atom is 0.187 e. The Morgan fingerprint density at radius 1 is 0.889 bits per heavy atom. The van der Waals surface area contributed by atoms with Gasteiger partial charge < -0.3 is 4.74 Å². The molecule has 4 aromatic rings. The number of aryl methyl sites for hydroxylation is 2. The van der Waals surface area contributed by atoms with E-state index >= 15 is 0 Å². The number of methoxy groups -OCH3 is 1. The molecule has 5 nitrogen and oxygen atoms in total. The van der Waals surface area contributed by atoms with E-state index in [1.807, 2.05) is 85.1 Å². The van der Waals surface area contributed by atoms with Crippen LogP contribution in [0.2, 0.25) is 0 Å². The van der Waals surface area contributed by atoms with Crippen molar-refractivity contribution in [2.24, 2.45) is 10.2 Å². The lowest BCUT2D eigenvalue weighted by atomic mass is 10.1. The lowest BCUT2D eigenvalue weighted by Gasteiger charge is -2.06. The fraction of sp³-hybridized carbons (Fsp3) is 0.136. The van der Waals surface area contributed by atoms with Crippen molar-refractivity contribution in [2.75, 3.05) is 7.11 Å². The van der Waals surface area contributed by atoms with Gasteiger partial charge >= 0.3 is 0 Å². The van der Waals surface area contributed by atoms with Gasteiger partial charge in [-0.1, -0.05) is 24.3 Å². The van der Waals surface area contributed by atoms with Crippen LogP contribution in [-0.4, -0.2) is 16.5 Å². The summed E-state index contributed by atoms with van der Waals surface area (Å²) in [4.78, 5) is 4.81. The molecule has 5 heteroatoms. The first-order chi connectivity index (χ1) is 13.2. The van der Waals surface area contributed by atoms with Gasteiger partial charge in [-0.25, -0.2) is 4.98 Å². The summed E-state index contributed by atoms with van der Waals surface area (Å²) in [5.41, 5.74) is 5.55. The molecule has 0 spiro atoms. The Morgan fingerprint density at radius 2 is 1.70 bits per heavy atom. The molecule has 0 N–H and O–H groups in total. The fourth-order valence-corrected chi connectivity index (χ4v) is 3.05. The Hall–Kier alpha value is -3.47. The van der Waals surface area contributed by atoms with Crippen LogP contribution >= 0.6 is 0 Å². The van der Waals surface area contributed by atoms with Gasteiger partial charge in [-0.2, -0.15) is 0 Å². The predicted octanol–water partition coefficient (Wildman–Crippen LogP) is 6.04. The van der Waals surface area contributed by atoms with E-state index in [9.17, 15) is 0 Å². The topological polar surface area (TPSA) is 51.2 Å². The number of ether oxygens (including phenoxy) is 1. The molecule has 0 saturated heterocycles. The summed E-state index contributed by atoms with van der Waals surface area (Å²) >= 11 is 0. The monoisotopic (exact) mass is 356 g/mol. The molecule has 0 bridgehead atoms. The summed E-state index contributed by atoms with van der Waals surface area (Å²) in [5, 5.41) is 9.00. The number of para-hydroxylation sites is 1. The third-order valence-corrected chi connectivity index (χ3v) is 4.38. The highest BCUT2D eigenvalue weighted by Crippen LogP contribution is 2.37. The van der Waals surface area contributed by atoms with Crippen molar-refractivity contribution in [3.8, 4) is 17.0 Å². The molecule has 0 atom stereocenters. The lowest BCUT2D eigenvalue weighted by Crippen LogP contribution is -1.88. The van der Waals surface area contributed by atoms with Crippen LogP contribution in [0.15, 0.2) is 77.1 Å². The number of hydrogen-bond acceptors (Lipinski definition) is 4. The molecule has 0 fully saturated rings. The highest BCUT2D eigenvalue weighted by Gasteiger charge is 2.17. The van der Waals surface area contributed by atoms with Crippen molar-refractivity contribution < 1.29 is 4.74 Å². The van der Waals surface area contributed by atoms with Gasteiger partial charge in [0, 0.05) is 11.8 Å². The summed E-state index contributed by atoms with van der Waals surface area (Å²) in [7, 11) is 1.66. The van der Waals surface area contributed by atoms with Crippen LogP contribution < -0.4 is 4.74 Å². The second-order valence-electron chi connectivity index (χ2n) is 6.46. The van der Waals surface area contributed by atoms with Gasteiger partial charge in [-0.15, -0.1) is 10.2 Å². The minimum atomic E-state index is 0.677. The molecule has 0 aliphatic carbocycles.